The molecule has 2 nitrogen and oxygen atoms in total. The Morgan fingerprint density at radius 2 is 2.23 bits per heavy atom. The molecule has 1 aromatic rings. The van der Waals surface area contributed by atoms with Gasteiger partial charge in [0.25, 0.3) is 0 Å². The van der Waals surface area contributed by atoms with Crippen LogP contribution in [0.25, 0.3) is 0 Å². The molecule has 13 heavy (non-hydrogen) atoms. The highest BCUT2D eigenvalue weighted by molar-refractivity contribution is 9.09. The van der Waals surface area contributed by atoms with Crippen molar-refractivity contribution in [3.05, 3.63) is 29.8 Å². The molecule has 0 N–H and O–H groups in total. The van der Waals surface area contributed by atoms with E-state index in [4.69, 9.17) is 9.47 Å². The van der Waals surface area contributed by atoms with Gasteiger partial charge in [-0.3, -0.25) is 0 Å². The molecule has 0 amide bonds. The standard InChI is InChI=1S/C10H13BrO2/c1-8-4-3-5-9(6-8)13-7-10(11)12-2/h3-6,10H,7H2,1-2H3. The highest BCUT2D eigenvalue weighted by Gasteiger charge is 2.01. The average Bonchev–Trinajstić information content (AvgIpc) is 2.14. The first-order chi connectivity index (χ1) is 6.22. The van der Waals surface area contributed by atoms with Crippen molar-refractivity contribution in [3.63, 3.8) is 0 Å². The van der Waals surface area contributed by atoms with Crippen LogP contribution in [0.1, 0.15) is 5.56 Å². The third kappa shape index (κ3) is 3.79. The minimum atomic E-state index is -0.0481. The van der Waals surface area contributed by atoms with Crippen LogP contribution >= 0.6 is 15.9 Å². The highest BCUT2D eigenvalue weighted by Crippen LogP contribution is 2.13. The molecule has 0 saturated carbocycles. The van der Waals surface area contributed by atoms with E-state index >= 15 is 0 Å². The van der Waals surface area contributed by atoms with Crippen molar-refractivity contribution in [2.24, 2.45) is 0 Å². The van der Waals surface area contributed by atoms with E-state index in [9.17, 15) is 0 Å². The lowest BCUT2D eigenvalue weighted by molar-refractivity contribution is 0.125. The first-order valence-corrected chi connectivity index (χ1v) is 5.00. The second-order valence-electron chi connectivity index (χ2n) is 2.77. The van der Waals surface area contributed by atoms with Crippen LogP contribution in [0.3, 0.4) is 0 Å². The van der Waals surface area contributed by atoms with E-state index in [1.165, 1.54) is 5.56 Å². The lowest BCUT2D eigenvalue weighted by atomic mass is 10.2. The zero-order valence-corrected chi connectivity index (χ0v) is 9.37. The van der Waals surface area contributed by atoms with Gasteiger partial charge in [0.2, 0.25) is 0 Å². The Hall–Kier alpha value is -0.540. The van der Waals surface area contributed by atoms with Crippen LogP contribution in [-0.4, -0.2) is 18.7 Å². The average molecular weight is 245 g/mol. The van der Waals surface area contributed by atoms with Crippen molar-refractivity contribution in [2.45, 2.75) is 11.9 Å². The van der Waals surface area contributed by atoms with Crippen LogP contribution < -0.4 is 4.74 Å². The lowest BCUT2D eigenvalue weighted by Gasteiger charge is -2.10. The summed E-state index contributed by atoms with van der Waals surface area (Å²) < 4.78 is 10.5. The van der Waals surface area contributed by atoms with E-state index in [-0.39, 0.29) is 5.01 Å². The maximum Gasteiger partial charge on any atom is 0.145 e. The number of aryl methyl sites for hydroxylation is 1. The molecule has 0 radical (unpaired) electrons. The molecule has 0 saturated heterocycles. The van der Waals surface area contributed by atoms with E-state index in [0.717, 1.165) is 5.75 Å². The van der Waals surface area contributed by atoms with Gasteiger partial charge in [0.15, 0.2) is 0 Å². The minimum absolute atomic E-state index is 0.0481. The first kappa shape index (κ1) is 10.5. The summed E-state index contributed by atoms with van der Waals surface area (Å²) in [7, 11) is 1.64. The Labute approximate surface area is 87.0 Å². The van der Waals surface area contributed by atoms with E-state index in [2.05, 4.69) is 15.9 Å². The Morgan fingerprint density at radius 3 is 2.85 bits per heavy atom. The quantitative estimate of drug-likeness (QED) is 0.759. The molecule has 0 aliphatic rings. The van der Waals surface area contributed by atoms with Gasteiger partial charge in [-0.1, -0.05) is 28.1 Å². The summed E-state index contributed by atoms with van der Waals surface area (Å²) in [5.74, 6) is 0.876. The SMILES string of the molecule is COC(Br)COc1cccc(C)c1. The van der Waals surface area contributed by atoms with Crippen molar-refractivity contribution >= 4 is 15.9 Å². The molecule has 72 valence electrons. The van der Waals surface area contributed by atoms with Gasteiger partial charge >= 0.3 is 0 Å². The molecule has 1 atom stereocenters. The van der Waals surface area contributed by atoms with Crippen molar-refractivity contribution in [3.8, 4) is 5.75 Å². The number of alkyl halides is 1. The Balaban J connectivity index is 2.45. The molecule has 0 fully saturated rings. The van der Waals surface area contributed by atoms with Crippen molar-refractivity contribution in [1.29, 1.82) is 0 Å². The summed E-state index contributed by atoms with van der Waals surface area (Å²) in [5.41, 5.74) is 1.20. The van der Waals surface area contributed by atoms with E-state index in [1.54, 1.807) is 7.11 Å². The lowest BCUT2D eigenvalue weighted by Crippen LogP contribution is -2.12. The third-order valence-electron chi connectivity index (χ3n) is 1.63. The van der Waals surface area contributed by atoms with Gasteiger partial charge in [0, 0.05) is 7.11 Å². The van der Waals surface area contributed by atoms with Gasteiger partial charge in [0.05, 0.1) is 0 Å². The van der Waals surface area contributed by atoms with Gasteiger partial charge in [-0.25, -0.2) is 0 Å². The molecule has 0 aromatic heterocycles. The fraction of sp³-hybridized carbons (Fsp3) is 0.400. The van der Waals surface area contributed by atoms with Gasteiger partial charge in [-0.05, 0) is 24.6 Å². The zero-order chi connectivity index (χ0) is 9.68. The van der Waals surface area contributed by atoms with E-state index in [1.807, 2.05) is 31.2 Å². The predicted molar refractivity (Wildman–Crippen MR) is 56.4 cm³/mol. The smallest absolute Gasteiger partial charge is 0.145 e. The van der Waals surface area contributed by atoms with Gasteiger partial charge in [0.1, 0.15) is 17.4 Å². The molecular formula is C10H13BrO2. The number of benzene rings is 1. The number of methoxy groups -OCH3 is 1. The molecule has 3 heteroatoms. The molecule has 1 unspecified atom stereocenters. The number of rotatable bonds is 4. The van der Waals surface area contributed by atoms with Crippen molar-refractivity contribution in [1.82, 2.24) is 0 Å². The molecule has 1 rings (SSSR count). The molecule has 0 spiro atoms. The summed E-state index contributed by atoms with van der Waals surface area (Å²) in [6.07, 6.45) is 0. The maximum atomic E-state index is 5.47. The molecule has 0 aliphatic heterocycles. The summed E-state index contributed by atoms with van der Waals surface area (Å²) in [6, 6.07) is 7.94. The number of ether oxygens (including phenoxy) is 2. The van der Waals surface area contributed by atoms with Crippen molar-refractivity contribution < 1.29 is 9.47 Å². The number of hydrogen-bond donors (Lipinski definition) is 0. The van der Waals surface area contributed by atoms with Gasteiger partial charge in [-0.15, -0.1) is 0 Å². The number of hydrogen-bond acceptors (Lipinski definition) is 2. The summed E-state index contributed by atoms with van der Waals surface area (Å²) in [4.78, 5) is 0. The highest BCUT2D eigenvalue weighted by atomic mass is 79.9. The third-order valence-corrected chi connectivity index (χ3v) is 2.26. The van der Waals surface area contributed by atoms with Crippen LogP contribution in [-0.2, 0) is 4.74 Å². The van der Waals surface area contributed by atoms with E-state index in [0.29, 0.717) is 6.61 Å². The second-order valence-corrected chi connectivity index (χ2v) is 3.79. The van der Waals surface area contributed by atoms with Gasteiger partial charge < -0.3 is 9.47 Å². The van der Waals surface area contributed by atoms with Crippen LogP contribution in [0.5, 0.6) is 5.75 Å². The molecule has 0 aliphatic carbocycles. The first-order valence-electron chi connectivity index (χ1n) is 4.08. The summed E-state index contributed by atoms with van der Waals surface area (Å²) >= 11 is 3.31. The predicted octanol–water partition coefficient (Wildman–Crippen LogP) is 2.74. The van der Waals surface area contributed by atoms with E-state index < -0.39 is 0 Å². The molecule has 0 bridgehead atoms. The minimum Gasteiger partial charge on any atom is -0.490 e. The Kier molecular flexibility index (Phi) is 4.25. The second kappa shape index (κ2) is 5.25. The monoisotopic (exact) mass is 244 g/mol. The Bertz CT molecular complexity index is 263. The van der Waals surface area contributed by atoms with Crippen molar-refractivity contribution in [2.75, 3.05) is 13.7 Å². The normalized spacial score (nSPS) is 12.5. The fourth-order valence-electron chi connectivity index (χ4n) is 0.935. The van der Waals surface area contributed by atoms with Crippen LogP contribution in [0.4, 0.5) is 0 Å². The van der Waals surface area contributed by atoms with Crippen LogP contribution in [0.15, 0.2) is 24.3 Å². The summed E-state index contributed by atoms with van der Waals surface area (Å²) in [5, 5.41) is -0.0481. The number of halogens is 1. The zero-order valence-electron chi connectivity index (χ0n) is 7.79. The fourth-order valence-corrected chi connectivity index (χ4v) is 1.07. The molecule has 1 aromatic carbocycles. The molecule has 0 heterocycles. The maximum absolute atomic E-state index is 5.47. The molecular weight excluding hydrogens is 232 g/mol. The largest absolute Gasteiger partial charge is 0.490 e. The van der Waals surface area contributed by atoms with Crippen LogP contribution in [0, 0.1) is 6.92 Å². The topological polar surface area (TPSA) is 18.5 Å². The Morgan fingerprint density at radius 1 is 1.46 bits per heavy atom. The summed E-state index contributed by atoms with van der Waals surface area (Å²) in [6.45, 7) is 2.55. The van der Waals surface area contributed by atoms with Crippen LogP contribution in [0.2, 0.25) is 0 Å². The van der Waals surface area contributed by atoms with Gasteiger partial charge in [-0.2, -0.15) is 0 Å².